The zero-order chi connectivity index (χ0) is 16.2. The smallest absolute Gasteiger partial charge is 0.275 e. The number of aryl methyl sites for hydroxylation is 1. The molecule has 1 saturated heterocycles. The number of rotatable bonds is 5. The second kappa shape index (κ2) is 6.70. The van der Waals surface area contributed by atoms with Crippen molar-refractivity contribution in [3.05, 3.63) is 47.7 Å². The van der Waals surface area contributed by atoms with E-state index < -0.39 is 11.7 Å². The molecule has 0 radical (unpaired) electrons. The number of nitrogens with one attached hydrogen (secondary N) is 1. The Balaban J connectivity index is 1.68. The van der Waals surface area contributed by atoms with Gasteiger partial charge in [-0.15, -0.1) is 0 Å². The largest absolute Gasteiger partial charge is 0.491 e. The van der Waals surface area contributed by atoms with Gasteiger partial charge in [-0.05, 0) is 19.1 Å². The average Bonchev–Trinajstić information content (AvgIpc) is 2.47. The van der Waals surface area contributed by atoms with Gasteiger partial charge in [0, 0.05) is 30.9 Å². The van der Waals surface area contributed by atoms with E-state index in [0.29, 0.717) is 18.1 Å². The van der Waals surface area contributed by atoms with Gasteiger partial charge in [0.25, 0.3) is 5.91 Å². The zero-order valence-corrected chi connectivity index (χ0v) is 12.6. The lowest BCUT2D eigenvalue weighted by Gasteiger charge is -2.26. The van der Waals surface area contributed by atoms with Crippen LogP contribution in [0.15, 0.2) is 30.5 Å². The van der Waals surface area contributed by atoms with Gasteiger partial charge in [-0.3, -0.25) is 4.79 Å². The molecule has 120 valence electrons. The summed E-state index contributed by atoms with van der Waals surface area (Å²) in [5, 5.41) is 2.57. The molecule has 0 bridgehead atoms. The van der Waals surface area contributed by atoms with Crippen molar-refractivity contribution in [3.8, 4) is 5.75 Å². The van der Waals surface area contributed by atoms with Crippen molar-refractivity contribution in [2.75, 3.05) is 18.5 Å². The van der Waals surface area contributed by atoms with Crippen LogP contribution in [0.1, 0.15) is 22.6 Å². The monoisotopic (exact) mass is 317 g/mol. The minimum absolute atomic E-state index is 0.115. The molecule has 1 N–H and O–H groups in total. The number of aromatic nitrogens is 2. The van der Waals surface area contributed by atoms with E-state index in [1.54, 1.807) is 19.1 Å². The number of ether oxygens (including phenoxy) is 2. The summed E-state index contributed by atoms with van der Waals surface area (Å²) in [5.41, 5.74) is 0.870. The van der Waals surface area contributed by atoms with Crippen molar-refractivity contribution in [2.24, 2.45) is 0 Å². The van der Waals surface area contributed by atoms with Crippen molar-refractivity contribution in [1.82, 2.24) is 9.97 Å². The molecule has 1 unspecified atom stereocenters. The van der Waals surface area contributed by atoms with E-state index >= 15 is 0 Å². The predicted octanol–water partition coefficient (Wildman–Crippen LogP) is 2.34. The van der Waals surface area contributed by atoms with E-state index in [1.165, 1.54) is 12.1 Å². The van der Waals surface area contributed by atoms with Gasteiger partial charge >= 0.3 is 0 Å². The number of anilines is 1. The van der Waals surface area contributed by atoms with Crippen LogP contribution >= 0.6 is 0 Å². The van der Waals surface area contributed by atoms with E-state index in [0.717, 1.165) is 19.2 Å². The third kappa shape index (κ3) is 4.01. The molecule has 2 aromatic heterocycles. The topological polar surface area (TPSA) is 73.3 Å². The maximum absolute atomic E-state index is 12.8. The molecule has 7 heteroatoms. The Morgan fingerprint density at radius 1 is 1.48 bits per heavy atom. The molecule has 3 heterocycles. The molecule has 2 aromatic rings. The molecule has 1 fully saturated rings. The maximum Gasteiger partial charge on any atom is 0.275 e. The van der Waals surface area contributed by atoms with Crippen molar-refractivity contribution in [3.63, 3.8) is 0 Å². The Morgan fingerprint density at radius 3 is 2.96 bits per heavy atom. The van der Waals surface area contributed by atoms with Crippen molar-refractivity contribution in [2.45, 2.75) is 19.4 Å². The van der Waals surface area contributed by atoms with E-state index in [2.05, 4.69) is 15.3 Å². The molecule has 3 rings (SSSR count). The second-order valence-corrected chi connectivity index (χ2v) is 5.24. The normalized spacial score (nSPS) is 16.5. The average molecular weight is 317 g/mol. The SMILES string of the molecule is Cc1cc(OCC2CCO2)cc(C(=O)Nc2ccc(F)cn2)n1. The van der Waals surface area contributed by atoms with Gasteiger partial charge in [0.2, 0.25) is 0 Å². The zero-order valence-electron chi connectivity index (χ0n) is 12.6. The number of hydrogen-bond donors (Lipinski definition) is 1. The second-order valence-electron chi connectivity index (χ2n) is 5.24. The summed E-state index contributed by atoms with van der Waals surface area (Å²) < 4.78 is 23.8. The quantitative estimate of drug-likeness (QED) is 0.916. The highest BCUT2D eigenvalue weighted by Crippen LogP contribution is 2.18. The summed E-state index contributed by atoms with van der Waals surface area (Å²) in [5.74, 6) is -0.0848. The Morgan fingerprint density at radius 2 is 2.30 bits per heavy atom. The highest BCUT2D eigenvalue weighted by Gasteiger charge is 2.19. The van der Waals surface area contributed by atoms with Crippen LogP contribution in [0.25, 0.3) is 0 Å². The van der Waals surface area contributed by atoms with E-state index in [1.807, 2.05) is 0 Å². The molecule has 0 aliphatic carbocycles. The summed E-state index contributed by atoms with van der Waals surface area (Å²) in [6, 6.07) is 5.92. The van der Waals surface area contributed by atoms with Crippen LogP contribution in [0, 0.1) is 12.7 Å². The number of carbonyl (C=O) groups is 1. The Kier molecular flexibility index (Phi) is 4.47. The van der Waals surface area contributed by atoms with Crippen molar-refractivity contribution >= 4 is 11.7 Å². The standard InChI is InChI=1S/C16H16FN3O3/c1-10-6-13(23-9-12-4-5-22-12)7-14(19-10)16(21)20-15-3-2-11(17)8-18-15/h2-3,6-8,12H,4-5,9H2,1H3,(H,18,20,21). The van der Waals surface area contributed by atoms with Gasteiger partial charge in [-0.2, -0.15) is 0 Å². The van der Waals surface area contributed by atoms with Gasteiger partial charge < -0.3 is 14.8 Å². The van der Waals surface area contributed by atoms with Crippen molar-refractivity contribution in [1.29, 1.82) is 0 Å². The van der Waals surface area contributed by atoms with Crippen LogP contribution in [-0.2, 0) is 4.74 Å². The van der Waals surface area contributed by atoms with Crippen LogP contribution in [0.2, 0.25) is 0 Å². The molecule has 1 amide bonds. The number of carbonyl (C=O) groups excluding carboxylic acids is 1. The van der Waals surface area contributed by atoms with Gasteiger partial charge in [-0.1, -0.05) is 0 Å². The molecule has 6 nitrogen and oxygen atoms in total. The number of hydrogen-bond acceptors (Lipinski definition) is 5. The van der Waals surface area contributed by atoms with Crippen LogP contribution in [0.5, 0.6) is 5.75 Å². The Labute approximate surface area is 132 Å². The fraction of sp³-hybridized carbons (Fsp3) is 0.312. The van der Waals surface area contributed by atoms with E-state index in [-0.39, 0.29) is 17.6 Å². The maximum atomic E-state index is 12.8. The Hall–Kier alpha value is -2.54. The molecule has 1 atom stereocenters. The number of pyridine rings is 2. The predicted molar refractivity (Wildman–Crippen MR) is 81.0 cm³/mol. The highest BCUT2D eigenvalue weighted by molar-refractivity contribution is 6.02. The fourth-order valence-corrected chi connectivity index (χ4v) is 2.07. The summed E-state index contributed by atoms with van der Waals surface area (Å²) in [6.45, 7) is 2.99. The third-order valence-electron chi connectivity index (χ3n) is 3.36. The van der Waals surface area contributed by atoms with Crippen LogP contribution < -0.4 is 10.1 Å². The lowest BCUT2D eigenvalue weighted by Crippen LogP contribution is -2.32. The minimum Gasteiger partial charge on any atom is -0.491 e. The lowest BCUT2D eigenvalue weighted by atomic mass is 10.2. The van der Waals surface area contributed by atoms with Crippen LogP contribution in [0.4, 0.5) is 10.2 Å². The van der Waals surface area contributed by atoms with Crippen molar-refractivity contribution < 1.29 is 18.7 Å². The first-order chi connectivity index (χ1) is 11.1. The third-order valence-corrected chi connectivity index (χ3v) is 3.36. The summed E-state index contributed by atoms with van der Waals surface area (Å²) >= 11 is 0. The first-order valence-corrected chi connectivity index (χ1v) is 7.26. The summed E-state index contributed by atoms with van der Waals surface area (Å²) in [4.78, 5) is 20.2. The molecule has 1 aliphatic rings. The fourth-order valence-electron chi connectivity index (χ4n) is 2.07. The van der Waals surface area contributed by atoms with Crippen LogP contribution in [0.3, 0.4) is 0 Å². The summed E-state index contributed by atoms with van der Waals surface area (Å²) in [7, 11) is 0. The van der Waals surface area contributed by atoms with E-state index in [9.17, 15) is 9.18 Å². The molecular weight excluding hydrogens is 301 g/mol. The molecular formula is C16H16FN3O3. The lowest BCUT2D eigenvalue weighted by molar-refractivity contribution is -0.0721. The molecule has 0 spiro atoms. The number of amides is 1. The number of halogens is 1. The highest BCUT2D eigenvalue weighted by atomic mass is 19.1. The van der Waals surface area contributed by atoms with Gasteiger partial charge in [-0.25, -0.2) is 14.4 Å². The molecule has 0 aromatic carbocycles. The van der Waals surface area contributed by atoms with Crippen LogP contribution in [-0.4, -0.2) is 35.2 Å². The molecule has 23 heavy (non-hydrogen) atoms. The van der Waals surface area contributed by atoms with E-state index in [4.69, 9.17) is 9.47 Å². The van der Waals surface area contributed by atoms with Gasteiger partial charge in [0.1, 0.15) is 29.7 Å². The molecule has 0 saturated carbocycles. The first kappa shape index (κ1) is 15.4. The first-order valence-electron chi connectivity index (χ1n) is 7.26. The summed E-state index contributed by atoms with van der Waals surface area (Å²) in [6.07, 6.45) is 2.13. The Bertz CT molecular complexity index is 702. The minimum atomic E-state index is -0.467. The van der Waals surface area contributed by atoms with Gasteiger partial charge in [0.05, 0.1) is 12.3 Å². The number of nitrogens with zero attached hydrogens (tertiary/aromatic N) is 2. The van der Waals surface area contributed by atoms with Gasteiger partial charge in [0.15, 0.2) is 0 Å². The molecule has 1 aliphatic heterocycles.